The number of carbonyl (C=O) groups excluding carboxylic acids is 1. The van der Waals surface area contributed by atoms with Crippen LogP contribution < -0.4 is 5.73 Å². The number of hydrogen-bond donors (Lipinski definition) is 1. The molecular formula is C10H12ClNO. The number of nitrogen functional groups attached to an aromatic ring is 1. The Bertz CT molecular complexity index is 323. The van der Waals surface area contributed by atoms with Crippen LogP contribution in [-0.4, -0.2) is 11.7 Å². The van der Waals surface area contributed by atoms with Crippen LogP contribution in [0.3, 0.4) is 0 Å². The SMILES string of the molecule is Cc1ccc(C(=O)CCCl)c(N)c1. The standard InChI is InChI=1S/C10H12ClNO/c1-7-2-3-8(9(12)6-7)10(13)4-5-11/h2-3,6H,4-5,12H2,1H3. The molecule has 2 nitrogen and oxygen atoms in total. The van der Waals surface area contributed by atoms with Crippen LogP contribution >= 0.6 is 11.6 Å². The zero-order chi connectivity index (χ0) is 9.84. The van der Waals surface area contributed by atoms with Gasteiger partial charge in [0.2, 0.25) is 0 Å². The van der Waals surface area contributed by atoms with Crippen LogP contribution in [0.5, 0.6) is 0 Å². The van der Waals surface area contributed by atoms with E-state index in [9.17, 15) is 4.79 Å². The molecule has 0 heterocycles. The number of anilines is 1. The summed E-state index contributed by atoms with van der Waals surface area (Å²) in [5.74, 6) is 0.346. The lowest BCUT2D eigenvalue weighted by Gasteiger charge is -2.03. The van der Waals surface area contributed by atoms with E-state index < -0.39 is 0 Å². The average molecular weight is 198 g/mol. The molecule has 0 fully saturated rings. The molecule has 13 heavy (non-hydrogen) atoms. The van der Waals surface area contributed by atoms with Crippen molar-refractivity contribution < 1.29 is 4.79 Å². The second kappa shape index (κ2) is 4.28. The normalized spacial score (nSPS) is 10.0. The monoisotopic (exact) mass is 197 g/mol. The molecule has 2 N–H and O–H groups in total. The lowest BCUT2D eigenvalue weighted by Crippen LogP contribution is -2.04. The number of alkyl halides is 1. The fourth-order valence-electron chi connectivity index (χ4n) is 1.16. The minimum absolute atomic E-state index is 0.00694. The predicted octanol–water partition coefficient (Wildman–Crippen LogP) is 2.39. The Balaban J connectivity index is 2.95. The van der Waals surface area contributed by atoms with Gasteiger partial charge in [0.05, 0.1) is 0 Å². The molecule has 0 aliphatic rings. The summed E-state index contributed by atoms with van der Waals surface area (Å²) in [6, 6.07) is 5.42. The first-order valence-corrected chi connectivity index (χ1v) is 4.64. The quantitative estimate of drug-likeness (QED) is 0.459. The molecular weight excluding hydrogens is 186 g/mol. The number of halogens is 1. The molecule has 0 saturated heterocycles. The molecule has 1 aromatic rings. The maximum absolute atomic E-state index is 11.4. The zero-order valence-corrected chi connectivity index (χ0v) is 8.27. The van der Waals surface area contributed by atoms with E-state index in [0.717, 1.165) is 5.56 Å². The van der Waals surface area contributed by atoms with Crippen LogP contribution in [0.2, 0.25) is 0 Å². The number of hydrogen-bond acceptors (Lipinski definition) is 2. The van der Waals surface area contributed by atoms with Crippen molar-refractivity contribution in [3.63, 3.8) is 0 Å². The van der Waals surface area contributed by atoms with Gasteiger partial charge in [-0.3, -0.25) is 4.79 Å². The number of Topliss-reactive ketones (excluding diaryl/α,β-unsaturated/α-hetero) is 1. The average Bonchev–Trinajstić information content (AvgIpc) is 2.04. The first-order valence-electron chi connectivity index (χ1n) is 4.10. The Morgan fingerprint density at radius 3 is 2.77 bits per heavy atom. The zero-order valence-electron chi connectivity index (χ0n) is 7.51. The van der Waals surface area contributed by atoms with Gasteiger partial charge >= 0.3 is 0 Å². The van der Waals surface area contributed by atoms with Gasteiger partial charge in [-0.2, -0.15) is 0 Å². The van der Waals surface area contributed by atoms with Crippen molar-refractivity contribution >= 4 is 23.1 Å². The van der Waals surface area contributed by atoms with E-state index >= 15 is 0 Å². The summed E-state index contributed by atoms with van der Waals surface area (Å²) in [7, 11) is 0. The highest BCUT2D eigenvalue weighted by Gasteiger charge is 2.08. The van der Waals surface area contributed by atoms with Crippen molar-refractivity contribution in [2.75, 3.05) is 11.6 Å². The van der Waals surface area contributed by atoms with Crippen LogP contribution in [-0.2, 0) is 0 Å². The predicted molar refractivity (Wildman–Crippen MR) is 55.3 cm³/mol. The van der Waals surface area contributed by atoms with Gasteiger partial charge < -0.3 is 5.73 Å². The van der Waals surface area contributed by atoms with E-state index in [1.165, 1.54) is 0 Å². The molecule has 0 radical (unpaired) electrons. The van der Waals surface area contributed by atoms with Gasteiger partial charge in [-0.15, -0.1) is 11.6 Å². The Morgan fingerprint density at radius 2 is 2.23 bits per heavy atom. The number of rotatable bonds is 3. The lowest BCUT2D eigenvalue weighted by molar-refractivity contribution is 0.0990. The molecule has 1 aromatic carbocycles. The molecule has 0 aromatic heterocycles. The van der Waals surface area contributed by atoms with E-state index in [1.54, 1.807) is 12.1 Å². The van der Waals surface area contributed by atoms with Gasteiger partial charge in [0.1, 0.15) is 0 Å². The number of benzene rings is 1. The van der Waals surface area contributed by atoms with E-state index in [1.807, 2.05) is 13.0 Å². The summed E-state index contributed by atoms with van der Waals surface area (Å²) >= 11 is 5.47. The summed E-state index contributed by atoms with van der Waals surface area (Å²) in [5.41, 5.74) is 7.86. The lowest BCUT2D eigenvalue weighted by atomic mass is 10.0. The maximum Gasteiger partial charge on any atom is 0.166 e. The molecule has 0 amide bonds. The largest absolute Gasteiger partial charge is 0.398 e. The number of nitrogens with two attached hydrogens (primary N) is 1. The Labute approximate surface area is 82.7 Å². The molecule has 0 aliphatic heterocycles. The van der Waals surface area contributed by atoms with Crippen LogP contribution in [0.4, 0.5) is 5.69 Å². The Hall–Kier alpha value is -1.02. The van der Waals surface area contributed by atoms with Crippen molar-refractivity contribution in [3.05, 3.63) is 29.3 Å². The van der Waals surface area contributed by atoms with Gasteiger partial charge in [-0.25, -0.2) is 0 Å². The van der Waals surface area contributed by atoms with Crippen LogP contribution in [0, 0.1) is 6.92 Å². The highest BCUT2D eigenvalue weighted by Crippen LogP contribution is 2.15. The second-order valence-electron chi connectivity index (χ2n) is 2.95. The van der Waals surface area contributed by atoms with Crippen molar-refractivity contribution in [1.29, 1.82) is 0 Å². The van der Waals surface area contributed by atoms with Crippen LogP contribution in [0.25, 0.3) is 0 Å². The van der Waals surface area contributed by atoms with Crippen LogP contribution in [0.1, 0.15) is 22.3 Å². The van der Waals surface area contributed by atoms with Gasteiger partial charge in [-0.05, 0) is 24.6 Å². The Morgan fingerprint density at radius 1 is 1.54 bits per heavy atom. The molecule has 0 unspecified atom stereocenters. The third-order valence-electron chi connectivity index (χ3n) is 1.83. The minimum Gasteiger partial charge on any atom is -0.398 e. The summed E-state index contributed by atoms with van der Waals surface area (Å²) < 4.78 is 0. The van der Waals surface area contributed by atoms with Gasteiger partial charge in [0.25, 0.3) is 0 Å². The van der Waals surface area contributed by atoms with Crippen LogP contribution in [0.15, 0.2) is 18.2 Å². The first-order chi connectivity index (χ1) is 6.15. The van der Waals surface area contributed by atoms with E-state index in [4.69, 9.17) is 17.3 Å². The molecule has 0 spiro atoms. The molecule has 70 valence electrons. The molecule has 0 bridgehead atoms. The molecule has 1 rings (SSSR count). The van der Waals surface area contributed by atoms with Gasteiger partial charge in [-0.1, -0.05) is 6.07 Å². The molecule has 0 saturated carbocycles. The maximum atomic E-state index is 11.4. The minimum atomic E-state index is 0.00694. The third kappa shape index (κ3) is 2.46. The fraction of sp³-hybridized carbons (Fsp3) is 0.300. The highest BCUT2D eigenvalue weighted by atomic mass is 35.5. The first kappa shape index (κ1) is 10.1. The van der Waals surface area contributed by atoms with E-state index in [-0.39, 0.29) is 5.78 Å². The molecule has 0 aliphatic carbocycles. The smallest absolute Gasteiger partial charge is 0.166 e. The van der Waals surface area contributed by atoms with Crippen molar-refractivity contribution in [2.24, 2.45) is 0 Å². The van der Waals surface area contributed by atoms with Crippen molar-refractivity contribution in [1.82, 2.24) is 0 Å². The fourth-order valence-corrected chi connectivity index (χ4v) is 1.33. The summed E-state index contributed by atoms with van der Waals surface area (Å²) in [6.45, 7) is 1.94. The van der Waals surface area contributed by atoms with E-state index in [0.29, 0.717) is 23.6 Å². The molecule has 0 atom stereocenters. The highest BCUT2D eigenvalue weighted by molar-refractivity contribution is 6.19. The van der Waals surface area contributed by atoms with Gasteiger partial charge in [0, 0.05) is 23.6 Å². The summed E-state index contributed by atoms with van der Waals surface area (Å²) in [5, 5.41) is 0. The van der Waals surface area contributed by atoms with Gasteiger partial charge in [0.15, 0.2) is 5.78 Å². The number of carbonyl (C=O) groups is 1. The van der Waals surface area contributed by atoms with Crippen molar-refractivity contribution in [2.45, 2.75) is 13.3 Å². The number of aryl methyl sites for hydroxylation is 1. The summed E-state index contributed by atoms with van der Waals surface area (Å²) in [6.07, 6.45) is 0.342. The summed E-state index contributed by atoms with van der Waals surface area (Å²) in [4.78, 5) is 11.4. The topological polar surface area (TPSA) is 43.1 Å². The Kier molecular flexibility index (Phi) is 3.32. The third-order valence-corrected chi connectivity index (χ3v) is 2.02. The molecule has 3 heteroatoms. The second-order valence-corrected chi connectivity index (χ2v) is 3.33. The number of ketones is 1. The van der Waals surface area contributed by atoms with E-state index in [2.05, 4.69) is 0 Å². The van der Waals surface area contributed by atoms with Crippen molar-refractivity contribution in [3.8, 4) is 0 Å².